The van der Waals surface area contributed by atoms with Crippen molar-refractivity contribution in [2.24, 2.45) is 7.05 Å². The van der Waals surface area contributed by atoms with Crippen LogP contribution in [0.2, 0.25) is 0 Å². The monoisotopic (exact) mass is 194 g/mol. The summed E-state index contributed by atoms with van der Waals surface area (Å²) in [7, 11) is 1.80. The van der Waals surface area contributed by atoms with Gasteiger partial charge in [0.15, 0.2) is 0 Å². The molecule has 0 aliphatic carbocycles. The second-order valence-electron chi connectivity index (χ2n) is 3.44. The Morgan fingerprint density at radius 3 is 2.71 bits per heavy atom. The van der Waals surface area contributed by atoms with Gasteiger partial charge in [-0.3, -0.25) is 4.68 Å². The molecule has 14 heavy (non-hydrogen) atoms. The van der Waals surface area contributed by atoms with Crippen molar-refractivity contribution in [3.63, 3.8) is 0 Å². The van der Waals surface area contributed by atoms with Gasteiger partial charge >= 0.3 is 5.97 Å². The van der Waals surface area contributed by atoms with Crippen LogP contribution in [0.5, 0.6) is 0 Å². The van der Waals surface area contributed by atoms with Gasteiger partial charge in [0.05, 0.1) is 11.4 Å². The van der Waals surface area contributed by atoms with E-state index in [9.17, 15) is 4.79 Å². The van der Waals surface area contributed by atoms with Crippen molar-refractivity contribution in [2.75, 3.05) is 0 Å². The van der Waals surface area contributed by atoms with Crippen molar-refractivity contribution in [2.45, 2.75) is 19.8 Å². The van der Waals surface area contributed by atoms with E-state index in [1.54, 1.807) is 17.8 Å². The van der Waals surface area contributed by atoms with Crippen molar-refractivity contribution >= 4 is 12.0 Å². The molecule has 0 aromatic carbocycles. The average Bonchev–Trinajstić information content (AvgIpc) is 2.43. The maximum Gasteiger partial charge on any atom is 0.328 e. The smallest absolute Gasteiger partial charge is 0.328 e. The third-order valence-corrected chi connectivity index (χ3v) is 1.92. The molecule has 0 saturated heterocycles. The molecule has 1 aromatic rings. The fourth-order valence-electron chi connectivity index (χ4n) is 1.10. The number of nitrogens with zero attached hydrogens (tertiary/aromatic N) is 2. The lowest BCUT2D eigenvalue weighted by Crippen LogP contribution is -1.95. The predicted octanol–water partition coefficient (Wildman–Crippen LogP) is 1.64. The maximum atomic E-state index is 10.3. The van der Waals surface area contributed by atoms with Gasteiger partial charge in [0.1, 0.15) is 0 Å². The summed E-state index contributed by atoms with van der Waals surface area (Å²) in [5.41, 5.74) is 1.77. The molecule has 76 valence electrons. The molecule has 1 aromatic heterocycles. The molecule has 0 fully saturated rings. The average molecular weight is 194 g/mol. The zero-order valence-corrected chi connectivity index (χ0v) is 8.56. The van der Waals surface area contributed by atoms with Crippen molar-refractivity contribution in [1.82, 2.24) is 9.78 Å². The minimum absolute atomic E-state index is 0.355. The normalized spacial score (nSPS) is 11.4. The van der Waals surface area contributed by atoms with Gasteiger partial charge in [-0.2, -0.15) is 5.10 Å². The number of carboxylic acids is 1. The highest BCUT2D eigenvalue weighted by atomic mass is 16.4. The van der Waals surface area contributed by atoms with E-state index < -0.39 is 5.97 Å². The summed E-state index contributed by atoms with van der Waals surface area (Å²) >= 11 is 0. The van der Waals surface area contributed by atoms with E-state index in [0.717, 1.165) is 17.5 Å². The first kappa shape index (κ1) is 10.5. The van der Waals surface area contributed by atoms with E-state index in [1.165, 1.54) is 0 Å². The summed E-state index contributed by atoms with van der Waals surface area (Å²) in [5.74, 6) is -0.592. The molecule has 1 N–H and O–H groups in total. The number of carboxylic acid groups (broad SMARTS) is 1. The minimum Gasteiger partial charge on any atom is -0.478 e. The SMILES string of the molecule is CC(C)c1cc(C=CC(=O)O)n(C)n1. The molecule has 0 atom stereocenters. The van der Waals surface area contributed by atoms with Crippen molar-refractivity contribution in [3.8, 4) is 0 Å². The van der Waals surface area contributed by atoms with Crippen LogP contribution >= 0.6 is 0 Å². The number of aromatic nitrogens is 2. The summed E-state index contributed by atoms with van der Waals surface area (Å²) < 4.78 is 1.68. The van der Waals surface area contributed by atoms with Gasteiger partial charge < -0.3 is 5.11 Å². The van der Waals surface area contributed by atoms with E-state index in [2.05, 4.69) is 5.10 Å². The molecule has 0 bridgehead atoms. The van der Waals surface area contributed by atoms with Crippen molar-refractivity contribution in [3.05, 3.63) is 23.5 Å². The number of carbonyl (C=O) groups is 1. The Morgan fingerprint density at radius 1 is 1.64 bits per heavy atom. The molecule has 4 heteroatoms. The van der Waals surface area contributed by atoms with E-state index in [-0.39, 0.29) is 0 Å². The second kappa shape index (κ2) is 4.09. The van der Waals surface area contributed by atoms with Crippen molar-refractivity contribution < 1.29 is 9.90 Å². The molecule has 1 rings (SSSR count). The number of aliphatic carboxylic acids is 1. The molecule has 0 spiro atoms. The summed E-state index contributed by atoms with van der Waals surface area (Å²) in [5, 5.41) is 12.7. The molecule has 0 unspecified atom stereocenters. The lowest BCUT2D eigenvalue weighted by Gasteiger charge is -1.95. The fraction of sp³-hybridized carbons (Fsp3) is 0.400. The van der Waals surface area contributed by atoms with Crippen LogP contribution in [0.1, 0.15) is 31.2 Å². The summed E-state index contributed by atoms with van der Waals surface area (Å²) in [4.78, 5) is 10.3. The van der Waals surface area contributed by atoms with Crippen LogP contribution in [0, 0.1) is 0 Å². The van der Waals surface area contributed by atoms with Crippen LogP contribution < -0.4 is 0 Å². The topological polar surface area (TPSA) is 55.1 Å². The first-order valence-corrected chi connectivity index (χ1v) is 4.45. The summed E-state index contributed by atoms with van der Waals surface area (Å²) in [6.07, 6.45) is 2.66. The van der Waals surface area contributed by atoms with Crippen LogP contribution in [0.3, 0.4) is 0 Å². The van der Waals surface area contributed by atoms with Crippen LogP contribution in [-0.2, 0) is 11.8 Å². The Balaban J connectivity index is 2.93. The summed E-state index contributed by atoms with van der Waals surface area (Å²) in [6.45, 7) is 4.10. The molecule has 4 nitrogen and oxygen atoms in total. The fourth-order valence-corrected chi connectivity index (χ4v) is 1.10. The van der Waals surface area contributed by atoms with Crippen LogP contribution in [-0.4, -0.2) is 20.9 Å². The molecular formula is C10H14N2O2. The molecule has 0 amide bonds. The number of hydrogen-bond acceptors (Lipinski definition) is 2. The van der Waals surface area contributed by atoms with Gasteiger partial charge in [-0.1, -0.05) is 13.8 Å². The van der Waals surface area contributed by atoms with Gasteiger partial charge in [0.2, 0.25) is 0 Å². The first-order chi connectivity index (χ1) is 6.50. The maximum absolute atomic E-state index is 10.3. The van der Waals surface area contributed by atoms with Gasteiger partial charge in [-0.05, 0) is 18.1 Å². The number of hydrogen-bond donors (Lipinski definition) is 1. The lowest BCUT2D eigenvalue weighted by atomic mass is 10.1. The highest BCUT2D eigenvalue weighted by Crippen LogP contribution is 2.14. The minimum atomic E-state index is -0.947. The summed E-state index contributed by atoms with van der Waals surface area (Å²) in [6, 6.07) is 1.89. The molecule has 0 aliphatic heterocycles. The zero-order valence-electron chi connectivity index (χ0n) is 8.56. The van der Waals surface area contributed by atoms with Crippen LogP contribution in [0.4, 0.5) is 0 Å². The Morgan fingerprint density at radius 2 is 2.29 bits per heavy atom. The Bertz CT molecular complexity index is 364. The van der Waals surface area contributed by atoms with Crippen LogP contribution in [0.25, 0.3) is 6.08 Å². The molecule has 0 aliphatic rings. The van der Waals surface area contributed by atoms with Crippen molar-refractivity contribution in [1.29, 1.82) is 0 Å². The van der Waals surface area contributed by atoms with E-state index >= 15 is 0 Å². The van der Waals surface area contributed by atoms with E-state index in [1.807, 2.05) is 19.9 Å². The highest BCUT2D eigenvalue weighted by Gasteiger charge is 2.05. The zero-order chi connectivity index (χ0) is 10.7. The van der Waals surface area contributed by atoms with E-state index in [4.69, 9.17) is 5.11 Å². The molecule has 1 heterocycles. The van der Waals surface area contributed by atoms with Gasteiger partial charge in [-0.15, -0.1) is 0 Å². The van der Waals surface area contributed by atoms with Gasteiger partial charge in [0, 0.05) is 13.1 Å². The number of rotatable bonds is 3. The number of aryl methyl sites for hydroxylation is 1. The predicted molar refractivity (Wildman–Crippen MR) is 54.0 cm³/mol. The Hall–Kier alpha value is -1.58. The third-order valence-electron chi connectivity index (χ3n) is 1.92. The second-order valence-corrected chi connectivity index (χ2v) is 3.44. The quantitative estimate of drug-likeness (QED) is 0.744. The Labute approximate surface area is 82.9 Å². The Kier molecular flexibility index (Phi) is 3.06. The highest BCUT2D eigenvalue weighted by molar-refractivity contribution is 5.84. The molecule has 0 radical (unpaired) electrons. The molecule has 0 saturated carbocycles. The van der Waals surface area contributed by atoms with E-state index in [0.29, 0.717) is 5.92 Å². The lowest BCUT2D eigenvalue weighted by molar-refractivity contribution is -0.131. The van der Waals surface area contributed by atoms with Gasteiger partial charge in [0.25, 0.3) is 0 Å². The first-order valence-electron chi connectivity index (χ1n) is 4.45. The molecular weight excluding hydrogens is 180 g/mol. The van der Waals surface area contributed by atoms with Gasteiger partial charge in [-0.25, -0.2) is 4.79 Å². The largest absolute Gasteiger partial charge is 0.478 e. The third kappa shape index (κ3) is 2.45. The van der Waals surface area contributed by atoms with Crippen LogP contribution in [0.15, 0.2) is 12.1 Å². The standard InChI is InChI=1S/C10H14N2O2/c1-7(2)9-6-8(12(3)11-9)4-5-10(13)14/h4-7H,1-3H3,(H,13,14).